The summed E-state index contributed by atoms with van der Waals surface area (Å²) in [6.45, 7) is 14.9. The number of para-hydroxylation sites is 3. The van der Waals surface area contributed by atoms with Crippen molar-refractivity contribution in [3.8, 4) is 90.0 Å². The molecule has 5 heterocycles. The van der Waals surface area contributed by atoms with Gasteiger partial charge in [-0.05, 0) is 192 Å². The smallest absolute Gasteiger partial charge is 0.269 e. The maximum absolute atomic E-state index is 9.07. The molecule has 16 rings (SSSR count). The van der Waals surface area contributed by atoms with Crippen molar-refractivity contribution in [2.75, 3.05) is 0 Å². The summed E-state index contributed by atoms with van der Waals surface area (Å²) in [6.07, 6.45) is 5.99. The molecule has 0 fully saturated rings. The second-order valence-electron chi connectivity index (χ2n) is 27.8. The molecule has 0 saturated heterocycles. The zero-order chi connectivity index (χ0) is 68.1. The molecule has 0 spiro atoms. The zero-order valence-corrected chi connectivity index (χ0v) is 53.2. The molecule has 0 unspecified atom stereocenters. The molecular weight excluding hydrogens is 1120 g/mol. The average molecular weight is 1200 g/mol. The lowest BCUT2D eigenvalue weighted by molar-refractivity contribution is -0.571. The topological polar surface area (TPSA) is 40.8 Å². The van der Waals surface area contributed by atoms with E-state index in [0.717, 1.165) is 116 Å². The second kappa shape index (κ2) is 21.0. The number of hydrogen-bond acceptors (Lipinski definition) is 2. The number of ether oxygens (including phenoxy) is 1. The molecule has 0 atom stereocenters. The summed E-state index contributed by atoms with van der Waals surface area (Å²) in [5.41, 5.74) is 19.0. The molecule has 0 bridgehead atoms. The summed E-state index contributed by atoms with van der Waals surface area (Å²) in [7, 11) is 0. The van der Waals surface area contributed by atoms with Gasteiger partial charge in [-0.1, -0.05) is 214 Å². The molecule has 0 aliphatic carbocycles. The van der Waals surface area contributed by atoms with Gasteiger partial charge in [0.1, 0.15) is 17.3 Å². The highest BCUT2D eigenvalue weighted by Crippen LogP contribution is 2.49. The van der Waals surface area contributed by atoms with Crippen LogP contribution in [0.25, 0.3) is 133 Å². The molecule has 1 aliphatic heterocycles. The van der Waals surface area contributed by atoms with E-state index >= 15 is 0 Å². The molecular formula is C86H73N5O. The van der Waals surface area contributed by atoms with E-state index in [4.69, 9.17) is 17.9 Å². The fraction of sp³-hybridized carbons (Fsp3) is 0.163. The van der Waals surface area contributed by atoms with E-state index in [0.29, 0.717) is 22.7 Å². The van der Waals surface area contributed by atoms with Crippen LogP contribution in [-0.4, -0.2) is 18.7 Å². The van der Waals surface area contributed by atoms with Crippen molar-refractivity contribution < 1.29 is 17.5 Å². The van der Waals surface area contributed by atoms with Crippen molar-refractivity contribution in [2.24, 2.45) is 0 Å². The van der Waals surface area contributed by atoms with E-state index in [2.05, 4.69) is 257 Å². The van der Waals surface area contributed by atoms with E-state index in [-0.39, 0.29) is 32.9 Å². The standard InChI is InChI=1S/C86H73N5O/c1-53-24-22-25-54(2)81(53)57-45-73-67-31-15-13-29-65(67)64-28-12-14-30-66(64)72-44-56(55-42-59(85(6,7)8)48-60(43-55)86(9,10)11)46-78-82(72)89(83(73)79(47-57)90-74-35-19-16-32-68(74)69-33-17-20-36-75(69)90)52-88(78)61-26-23-27-62(50-61)92-63-38-39-71-70-34-18-21-37-76(70)91(77(71)51-63)80-49-58(40-41-87-80)84(3,4)5/h12-51H,1-11H3/i1D3,2D3. The Labute approximate surface area is 547 Å². The lowest BCUT2D eigenvalue weighted by Crippen LogP contribution is -2.33. The fourth-order valence-corrected chi connectivity index (χ4v) is 14.0. The normalized spacial score (nSPS) is 13.8. The Balaban J connectivity index is 1.03. The number of fused-ring (bicyclic) bond motifs is 13. The van der Waals surface area contributed by atoms with Gasteiger partial charge in [-0.3, -0.25) is 13.7 Å². The number of aryl methyl sites for hydroxylation is 2. The van der Waals surface area contributed by atoms with Gasteiger partial charge in [-0.15, -0.1) is 0 Å². The van der Waals surface area contributed by atoms with Crippen molar-refractivity contribution in [3.05, 3.63) is 277 Å². The van der Waals surface area contributed by atoms with Crippen molar-refractivity contribution >= 4 is 54.6 Å². The van der Waals surface area contributed by atoms with Crippen LogP contribution in [0.2, 0.25) is 0 Å². The average Bonchev–Trinajstić information content (AvgIpc) is 1.52. The molecule has 448 valence electrons. The van der Waals surface area contributed by atoms with Gasteiger partial charge in [0.25, 0.3) is 6.33 Å². The minimum atomic E-state index is -2.69. The number of hydrogen-bond donors (Lipinski definition) is 0. The van der Waals surface area contributed by atoms with E-state index in [1.165, 1.54) is 16.7 Å². The van der Waals surface area contributed by atoms with Gasteiger partial charge in [-0.25, -0.2) is 4.98 Å². The fourth-order valence-electron chi connectivity index (χ4n) is 14.0. The van der Waals surface area contributed by atoms with E-state index in [1.54, 1.807) is 18.2 Å². The molecule has 1 aliphatic rings. The molecule has 0 saturated carbocycles. The first-order chi connectivity index (χ1) is 46.8. The van der Waals surface area contributed by atoms with Gasteiger partial charge in [-0.2, -0.15) is 0 Å². The first-order valence-electron chi connectivity index (χ1n) is 34.8. The van der Waals surface area contributed by atoms with Crippen molar-refractivity contribution in [1.82, 2.24) is 18.7 Å². The quantitative estimate of drug-likeness (QED) is 0.118. The Morgan fingerprint density at radius 2 is 0.924 bits per heavy atom. The van der Waals surface area contributed by atoms with Crippen molar-refractivity contribution in [3.63, 3.8) is 0 Å². The predicted octanol–water partition coefficient (Wildman–Crippen LogP) is 22.2. The maximum atomic E-state index is 9.07. The van der Waals surface area contributed by atoms with E-state index in [1.807, 2.05) is 54.7 Å². The Bertz CT molecular complexity index is 5660. The Morgan fingerprint density at radius 1 is 0.402 bits per heavy atom. The third-order valence-electron chi connectivity index (χ3n) is 18.8. The van der Waals surface area contributed by atoms with Gasteiger partial charge in [0, 0.05) is 42.0 Å². The molecule has 0 radical (unpaired) electrons. The summed E-state index contributed by atoms with van der Waals surface area (Å²) in [5, 5.41) is 4.23. The van der Waals surface area contributed by atoms with Crippen LogP contribution in [-0.2, 0) is 16.2 Å². The van der Waals surface area contributed by atoms with Crippen LogP contribution in [0.5, 0.6) is 11.5 Å². The van der Waals surface area contributed by atoms with Crippen LogP contribution in [0, 0.1) is 20.0 Å². The maximum Gasteiger partial charge on any atom is 0.269 e. The SMILES string of the molecule is [2H]C([2H])([2H])c1cccc(C([2H])([2H])[2H])c1-c1cc2c(c(-n3c4ccccc4c4ccccc43)c1)-[n+]1[c-]n(-c3cccc(Oc4ccc5c6ccccc6n(-c6cc(C(C)(C)C)ccn6)c5c4)c3)c3cc(-c4cc(C(C)(C)C)cc(C(C)(C)C)c4)cc(c31)-c1ccccc1-c1ccccc1-2. The molecule has 0 amide bonds. The Morgan fingerprint density at radius 3 is 1.53 bits per heavy atom. The van der Waals surface area contributed by atoms with Crippen LogP contribution in [0.1, 0.15) is 98.4 Å². The Kier molecular flexibility index (Phi) is 11.5. The Hall–Kier alpha value is -10.6. The van der Waals surface area contributed by atoms with Crippen LogP contribution in [0.15, 0.2) is 243 Å². The molecule has 6 heteroatoms. The van der Waals surface area contributed by atoms with Crippen LogP contribution < -0.4 is 9.30 Å². The first kappa shape index (κ1) is 50.2. The number of benzene rings is 11. The largest absolute Gasteiger partial charge is 0.458 e. The third-order valence-corrected chi connectivity index (χ3v) is 18.8. The van der Waals surface area contributed by atoms with E-state index < -0.39 is 13.7 Å². The lowest BCUT2D eigenvalue weighted by atomic mass is 9.78. The first-order valence-corrected chi connectivity index (χ1v) is 31.8. The van der Waals surface area contributed by atoms with Crippen LogP contribution in [0.4, 0.5) is 0 Å². The zero-order valence-electron chi connectivity index (χ0n) is 59.2. The summed E-state index contributed by atoms with van der Waals surface area (Å²) in [4.78, 5) is 4.97. The molecule has 92 heavy (non-hydrogen) atoms. The summed E-state index contributed by atoms with van der Waals surface area (Å²) in [6, 6.07) is 81.3. The van der Waals surface area contributed by atoms with Gasteiger partial charge in [0.2, 0.25) is 0 Å². The highest BCUT2D eigenvalue weighted by Gasteiger charge is 2.31. The third kappa shape index (κ3) is 9.28. The van der Waals surface area contributed by atoms with E-state index in [9.17, 15) is 0 Å². The lowest BCUT2D eigenvalue weighted by Gasteiger charge is -2.26. The number of rotatable bonds is 7. The number of nitrogens with zero attached hydrogens (tertiary/aromatic N) is 5. The van der Waals surface area contributed by atoms with Crippen molar-refractivity contribution in [1.29, 1.82) is 0 Å². The highest BCUT2D eigenvalue weighted by atomic mass is 16.5. The minimum Gasteiger partial charge on any atom is -0.458 e. The van der Waals surface area contributed by atoms with Gasteiger partial charge in [0.05, 0.1) is 50.2 Å². The monoisotopic (exact) mass is 1200 g/mol. The molecule has 4 aromatic heterocycles. The second-order valence-corrected chi connectivity index (χ2v) is 27.8. The highest BCUT2D eigenvalue weighted by molar-refractivity contribution is 6.11. The molecule has 6 nitrogen and oxygen atoms in total. The molecule has 11 aromatic carbocycles. The van der Waals surface area contributed by atoms with Gasteiger partial charge in [0.15, 0.2) is 0 Å². The van der Waals surface area contributed by atoms with Crippen LogP contribution >= 0.6 is 0 Å². The summed E-state index contributed by atoms with van der Waals surface area (Å²) < 4.78 is 70.4. The van der Waals surface area contributed by atoms with Gasteiger partial charge < -0.3 is 9.30 Å². The molecule has 0 N–H and O–H groups in total. The summed E-state index contributed by atoms with van der Waals surface area (Å²) in [5.74, 6) is 2.09. The van der Waals surface area contributed by atoms with Gasteiger partial charge >= 0.3 is 0 Å². The number of imidazole rings is 1. The van der Waals surface area contributed by atoms with Crippen molar-refractivity contribution in [2.45, 2.75) is 92.3 Å². The molecule has 15 aromatic rings. The van der Waals surface area contributed by atoms with Crippen LogP contribution in [0.3, 0.4) is 0 Å². The number of aromatic nitrogens is 5. The summed E-state index contributed by atoms with van der Waals surface area (Å²) >= 11 is 0. The minimum absolute atomic E-state index is 0.0518. The predicted molar refractivity (Wildman–Crippen MR) is 383 cm³/mol. The number of pyridine rings is 1.